The standard InChI is InChI=1S/C12H13FIN3O/c13-8-3-11-10(4-9(8)14)16-12(15)17(11)5-7-1-2-18-6-7/h3-4,7H,1-2,5-6H2,(H2,15,16). The van der Waals surface area contributed by atoms with Crippen LogP contribution in [0.15, 0.2) is 12.1 Å². The minimum atomic E-state index is -0.230. The third kappa shape index (κ3) is 2.07. The lowest BCUT2D eigenvalue weighted by Crippen LogP contribution is -2.12. The molecule has 96 valence electrons. The maximum Gasteiger partial charge on any atom is 0.201 e. The second kappa shape index (κ2) is 4.65. The molecule has 4 nitrogen and oxygen atoms in total. The van der Waals surface area contributed by atoms with E-state index in [1.54, 1.807) is 6.07 Å². The molecule has 1 aliphatic rings. The smallest absolute Gasteiger partial charge is 0.201 e. The van der Waals surface area contributed by atoms with Gasteiger partial charge in [0.25, 0.3) is 0 Å². The maximum absolute atomic E-state index is 13.6. The molecule has 1 aromatic carbocycles. The van der Waals surface area contributed by atoms with Gasteiger partial charge in [0.1, 0.15) is 5.82 Å². The van der Waals surface area contributed by atoms with E-state index in [1.807, 2.05) is 27.2 Å². The molecule has 6 heteroatoms. The molecule has 0 saturated carbocycles. The number of halogens is 2. The summed E-state index contributed by atoms with van der Waals surface area (Å²) < 4.78 is 21.4. The van der Waals surface area contributed by atoms with Gasteiger partial charge in [0.15, 0.2) is 0 Å². The summed E-state index contributed by atoms with van der Waals surface area (Å²) >= 11 is 1.96. The Morgan fingerprint density at radius 2 is 2.39 bits per heavy atom. The van der Waals surface area contributed by atoms with E-state index in [0.717, 1.165) is 37.2 Å². The van der Waals surface area contributed by atoms with E-state index in [-0.39, 0.29) is 5.82 Å². The third-order valence-corrected chi connectivity index (χ3v) is 4.11. The minimum absolute atomic E-state index is 0.230. The average Bonchev–Trinajstić information content (AvgIpc) is 2.92. The predicted octanol–water partition coefficient (Wildman–Crippen LogP) is 2.40. The van der Waals surface area contributed by atoms with Crippen LogP contribution >= 0.6 is 22.6 Å². The van der Waals surface area contributed by atoms with Crippen LogP contribution in [0, 0.1) is 15.3 Å². The van der Waals surface area contributed by atoms with Gasteiger partial charge in [-0.3, -0.25) is 0 Å². The molecule has 3 rings (SSSR count). The van der Waals surface area contributed by atoms with Gasteiger partial charge < -0.3 is 15.0 Å². The summed E-state index contributed by atoms with van der Waals surface area (Å²) in [6.07, 6.45) is 1.02. The van der Waals surface area contributed by atoms with Crippen LogP contribution in [0.4, 0.5) is 10.3 Å². The Bertz CT molecular complexity index is 593. The Labute approximate surface area is 117 Å². The van der Waals surface area contributed by atoms with E-state index < -0.39 is 0 Å². The molecule has 1 aliphatic heterocycles. The van der Waals surface area contributed by atoms with Crippen LogP contribution in [-0.4, -0.2) is 22.8 Å². The first-order valence-corrected chi connectivity index (χ1v) is 6.91. The summed E-state index contributed by atoms with van der Waals surface area (Å²) in [6, 6.07) is 3.24. The van der Waals surface area contributed by atoms with Crippen molar-refractivity contribution in [3.8, 4) is 0 Å². The van der Waals surface area contributed by atoms with Crippen LogP contribution in [0.25, 0.3) is 11.0 Å². The van der Waals surface area contributed by atoms with Gasteiger partial charge >= 0.3 is 0 Å². The first-order valence-electron chi connectivity index (χ1n) is 5.83. The van der Waals surface area contributed by atoms with Crippen molar-refractivity contribution >= 4 is 39.6 Å². The largest absolute Gasteiger partial charge is 0.381 e. The Kier molecular flexibility index (Phi) is 3.14. The number of hydrogen-bond acceptors (Lipinski definition) is 3. The zero-order valence-electron chi connectivity index (χ0n) is 9.70. The summed E-state index contributed by atoms with van der Waals surface area (Å²) in [5, 5.41) is 0. The van der Waals surface area contributed by atoms with E-state index >= 15 is 0 Å². The fourth-order valence-corrected chi connectivity index (χ4v) is 2.77. The van der Waals surface area contributed by atoms with Crippen LogP contribution in [0.5, 0.6) is 0 Å². The molecule has 2 aromatic rings. The van der Waals surface area contributed by atoms with Crippen LogP contribution in [-0.2, 0) is 11.3 Å². The highest BCUT2D eigenvalue weighted by Gasteiger charge is 2.19. The normalized spacial score (nSPS) is 19.8. The average molecular weight is 361 g/mol. The molecule has 1 saturated heterocycles. The van der Waals surface area contributed by atoms with Gasteiger partial charge in [-0.2, -0.15) is 0 Å². The highest BCUT2D eigenvalue weighted by atomic mass is 127. The predicted molar refractivity (Wildman–Crippen MR) is 75.7 cm³/mol. The zero-order chi connectivity index (χ0) is 12.7. The summed E-state index contributed by atoms with van der Waals surface area (Å²) in [7, 11) is 0. The van der Waals surface area contributed by atoms with E-state index in [4.69, 9.17) is 10.5 Å². The van der Waals surface area contributed by atoms with Crippen molar-refractivity contribution in [1.82, 2.24) is 9.55 Å². The lowest BCUT2D eigenvalue weighted by atomic mass is 10.1. The number of hydrogen-bond donors (Lipinski definition) is 1. The fraction of sp³-hybridized carbons (Fsp3) is 0.417. The minimum Gasteiger partial charge on any atom is -0.381 e. The summed E-state index contributed by atoms with van der Waals surface area (Å²) in [5.41, 5.74) is 7.43. The highest BCUT2D eigenvalue weighted by Crippen LogP contribution is 2.25. The number of nitrogen functional groups attached to an aromatic ring is 1. The van der Waals surface area contributed by atoms with Crippen molar-refractivity contribution in [1.29, 1.82) is 0 Å². The quantitative estimate of drug-likeness (QED) is 0.836. The Balaban J connectivity index is 2.04. The van der Waals surface area contributed by atoms with Crippen molar-refractivity contribution in [2.75, 3.05) is 18.9 Å². The molecule has 0 radical (unpaired) electrons. The fourth-order valence-electron chi connectivity index (χ4n) is 2.32. The summed E-state index contributed by atoms with van der Waals surface area (Å²) in [5.74, 6) is 0.650. The van der Waals surface area contributed by atoms with Gasteiger partial charge in [0.05, 0.1) is 21.2 Å². The lowest BCUT2D eigenvalue weighted by molar-refractivity contribution is 0.183. The molecule has 1 atom stereocenters. The second-order valence-electron chi connectivity index (χ2n) is 4.57. The van der Waals surface area contributed by atoms with E-state index in [0.29, 0.717) is 15.4 Å². The Morgan fingerprint density at radius 3 is 3.11 bits per heavy atom. The topological polar surface area (TPSA) is 53.1 Å². The van der Waals surface area contributed by atoms with E-state index in [1.165, 1.54) is 6.07 Å². The molecule has 1 unspecified atom stereocenters. The van der Waals surface area contributed by atoms with Gasteiger partial charge in [-0.25, -0.2) is 9.37 Å². The van der Waals surface area contributed by atoms with Crippen LogP contribution < -0.4 is 5.73 Å². The summed E-state index contributed by atoms with van der Waals surface area (Å²) in [6.45, 7) is 2.28. The number of rotatable bonds is 2. The molecule has 1 aromatic heterocycles. The van der Waals surface area contributed by atoms with Crippen molar-refractivity contribution in [3.05, 3.63) is 21.5 Å². The van der Waals surface area contributed by atoms with Crippen LogP contribution in [0.1, 0.15) is 6.42 Å². The lowest BCUT2D eigenvalue weighted by Gasteiger charge is -2.11. The first-order chi connectivity index (χ1) is 8.65. The molecule has 18 heavy (non-hydrogen) atoms. The van der Waals surface area contributed by atoms with Gasteiger partial charge in [-0.05, 0) is 35.1 Å². The van der Waals surface area contributed by atoms with Gasteiger partial charge in [-0.15, -0.1) is 0 Å². The zero-order valence-corrected chi connectivity index (χ0v) is 11.9. The van der Waals surface area contributed by atoms with Crippen molar-refractivity contribution < 1.29 is 9.13 Å². The first kappa shape index (κ1) is 12.2. The number of nitrogens with zero attached hydrogens (tertiary/aromatic N) is 2. The molecule has 0 amide bonds. The molecule has 2 heterocycles. The van der Waals surface area contributed by atoms with Crippen LogP contribution in [0.3, 0.4) is 0 Å². The SMILES string of the molecule is Nc1nc2cc(I)c(F)cc2n1CC1CCOC1. The van der Waals surface area contributed by atoms with Crippen LogP contribution in [0.2, 0.25) is 0 Å². The molecule has 1 fully saturated rings. The third-order valence-electron chi connectivity index (χ3n) is 3.28. The van der Waals surface area contributed by atoms with Gasteiger partial charge in [0, 0.05) is 25.1 Å². The van der Waals surface area contributed by atoms with E-state index in [9.17, 15) is 4.39 Å². The maximum atomic E-state index is 13.6. The monoisotopic (exact) mass is 361 g/mol. The van der Waals surface area contributed by atoms with Gasteiger partial charge in [-0.1, -0.05) is 0 Å². The number of benzene rings is 1. The second-order valence-corrected chi connectivity index (χ2v) is 5.73. The van der Waals surface area contributed by atoms with Gasteiger partial charge in [0.2, 0.25) is 5.95 Å². The van der Waals surface area contributed by atoms with Crippen molar-refractivity contribution in [3.63, 3.8) is 0 Å². The molecular weight excluding hydrogens is 348 g/mol. The number of nitrogens with two attached hydrogens (primary N) is 1. The highest BCUT2D eigenvalue weighted by molar-refractivity contribution is 14.1. The number of anilines is 1. The number of fused-ring (bicyclic) bond motifs is 1. The van der Waals surface area contributed by atoms with Crippen molar-refractivity contribution in [2.24, 2.45) is 5.92 Å². The molecule has 2 N–H and O–H groups in total. The molecule has 0 aliphatic carbocycles. The van der Waals surface area contributed by atoms with Crippen molar-refractivity contribution in [2.45, 2.75) is 13.0 Å². The molecule has 0 spiro atoms. The Morgan fingerprint density at radius 1 is 1.56 bits per heavy atom. The molecular formula is C12H13FIN3O. The number of ether oxygens (including phenoxy) is 1. The van der Waals surface area contributed by atoms with E-state index in [2.05, 4.69) is 4.98 Å². The number of imidazole rings is 1. The summed E-state index contributed by atoms with van der Waals surface area (Å²) in [4.78, 5) is 4.29. The molecule has 0 bridgehead atoms. The number of aromatic nitrogens is 2. The Hall–Kier alpha value is -0.890.